The predicted molar refractivity (Wildman–Crippen MR) is 42.9 cm³/mol. The van der Waals surface area contributed by atoms with Crippen molar-refractivity contribution in [3.63, 3.8) is 0 Å². The van der Waals surface area contributed by atoms with Gasteiger partial charge in [0, 0.05) is 0 Å². The summed E-state index contributed by atoms with van der Waals surface area (Å²) in [7, 11) is 0. The molecule has 0 amide bonds. The van der Waals surface area contributed by atoms with Crippen molar-refractivity contribution in [3.05, 3.63) is 21.6 Å². The Hall–Kier alpha value is -1.85. The normalized spacial score (nSPS) is 9.92. The molecule has 0 radical (unpaired) electrons. The number of aromatic nitrogens is 2. The van der Waals surface area contributed by atoms with Crippen molar-refractivity contribution in [2.45, 2.75) is 13.3 Å². The lowest BCUT2D eigenvalue weighted by atomic mass is 10.2. The molecule has 0 unspecified atom stereocenters. The van der Waals surface area contributed by atoms with Gasteiger partial charge in [-0.15, -0.1) is 0 Å². The van der Waals surface area contributed by atoms with Gasteiger partial charge in [-0.25, -0.2) is 9.89 Å². The first-order chi connectivity index (χ1) is 6.07. The van der Waals surface area contributed by atoms with Gasteiger partial charge < -0.3 is 10.2 Å². The van der Waals surface area contributed by atoms with Gasteiger partial charge in [0.15, 0.2) is 5.75 Å². The lowest BCUT2D eigenvalue weighted by molar-refractivity contribution is 0.0685. The van der Waals surface area contributed by atoms with E-state index in [0.29, 0.717) is 0 Å². The van der Waals surface area contributed by atoms with Crippen LogP contribution in [0.15, 0.2) is 4.79 Å². The highest BCUT2D eigenvalue weighted by Crippen LogP contribution is 2.16. The van der Waals surface area contributed by atoms with Gasteiger partial charge in [-0.05, 0) is 6.42 Å². The van der Waals surface area contributed by atoms with E-state index in [2.05, 4.69) is 5.10 Å². The number of carboxylic acid groups (broad SMARTS) is 1. The van der Waals surface area contributed by atoms with Crippen molar-refractivity contribution < 1.29 is 15.0 Å². The molecule has 0 aliphatic heterocycles. The summed E-state index contributed by atoms with van der Waals surface area (Å²) < 4.78 is 0. The lowest BCUT2D eigenvalue weighted by Crippen LogP contribution is -2.17. The number of hydrogen-bond acceptors (Lipinski definition) is 4. The van der Waals surface area contributed by atoms with Crippen LogP contribution in [-0.2, 0) is 6.42 Å². The second kappa shape index (κ2) is 3.26. The molecule has 0 atom stereocenters. The van der Waals surface area contributed by atoms with E-state index in [1.165, 1.54) is 0 Å². The summed E-state index contributed by atoms with van der Waals surface area (Å²) in [5.74, 6) is -1.93. The molecule has 1 aromatic rings. The van der Waals surface area contributed by atoms with Gasteiger partial charge in [0.2, 0.25) is 5.69 Å². The van der Waals surface area contributed by atoms with Crippen LogP contribution in [0.5, 0.6) is 5.75 Å². The topological polar surface area (TPSA) is 103 Å². The molecule has 6 heteroatoms. The number of aromatic amines is 1. The van der Waals surface area contributed by atoms with E-state index in [-0.39, 0.29) is 12.0 Å². The second-order valence-electron chi connectivity index (χ2n) is 2.39. The zero-order chi connectivity index (χ0) is 10.0. The molecule has 13 heavy (non-hydrogen) atoms. The van der Waals surface area contributed by atoms with Crippen LogP contribution in [0.3, 0.4) is 0 Å². The minimum atomic E-state index is -1.37. The molecule has 6 nitrogen and oxygen atoms in total. The maximum atomic E-state index is 11.0. The maximum Gasteiger partial charge on any atom is 0.360 e. The van der Waals surface area contributed by atoms with Crippen LogP contribution in [0.25, 0.3) is 0 Å². The first-order valence-corrected chi connectivity index (χ1v) is 3.61. The van der Waals surface area contributed by atoms with Crippen molar-refractivity contribution in [1.29, 1.82) is 0 Å². The van der Waals surface area contributed by atoms with Gasteiger partial charge >= 0.3 is 5.97 Å². The van der Waals surface area contributed by atoms with Gasteiger partial charge in [-0.3, -0.25) is 4.79 Å². The maximum absolute atomic E-state index is 11.0. The monoisotopic (exact) mass is 184 g/mol. The SMILES string of the molecule is CCc1c(O)c(C(=O)O)n[nH]c1=O. The van der Waals surface area contributed by atoms with Crippen LogP contribution in [0.1, 0.15) is 23.0 Å². The number of carbonyl (C=O) groups is 1. The molecule has 0 fully saturated rings. The molecule has 0 bridgehead atoms. The van der Waals surface area contributed by atoms with Crippen molar-refractivity contribution in [2.24, 2.45) is 0 Å². The summed E-state index contributed by atoms with van der Waals surface area (Å²) in [6.45, 7) is 1.63. The highest BCUT2D eigenvalue weighted by molar-refractivity contribution is 5.88. The summed E-state index contributed by atoms with van der Waals surface area (Å²) in [6.07, 6.45) is 0.254. The van der Waals surface area contributed by atoms with E-state index < -0.39 is 23.0 Å². The van der Waals surface area contributed by atoms with Crippen LogP contribution in [0.4, 0.5) is 0 Å². The number of aromatic hydroxyl groups is 1. The van der Waals surface area contributed by atoms with Crippen molar-refractivity contribution >= 4 is 5.97 Å². The number of carboxylic acids is 1. The van der Waals surface area contributed by atoms with E-state index in [4.69, 9.17) is 5.11 Å². The van der Waals surface area contributed by atoms with Gasteiger partial charge in [0.1, 0.15) is 0 Å². The minimum absolute atomic E-state index is 0.0346. The van der Waals surface area contributed by atoms with Crippen molar-refractivity contribution in [3.8, 4) is 5.75 Å². The van der Waals surface area contributed by atoms with Crippen LogP contribution in [-0.4, -0.2) is 26.4 Å². The van der Waals surface area contributed by atoms with Crippen LogP contribution in [0, 0.1) is 0 Å². The van der Waals surface area contributed by atoms with Crippen LogP contribution in [0.2, 0.25) is 0 Å². The number of nitrogens with zero attached hydrogens (tertiary/aromatic N) is 1. The molecule has 0 aromatic carbocycles. The second-order valence-corrected chi connectivity index (χ2v) is 2.39. The Morgan fingerprint density at radius 2 is 2.23 bits per heavy atom. The molecule has 0 saturated carbocycles. The molecule has 0 spiro atoms. The predicted octanol–water partition coefficient (Wildman–Crippen LogP) is -0.264. The average Bonchev–Trinajstić information content (AvgIpc) is 2.04. The standard InChI is InChI=1S/C7H8N2O4/c1-2-3-5(10)4(7(12)13)8-9-6(3)11/h2H2,1H3,(H,12,13)(H2,9,10,11). The fourth-order valence-corrected chi connectivity index (χ4v) is 0.955. The average molecular weight is 184 g/mol. The largest absolute Gasteiger partial charge is 0.505 e. The molecule has 3 N–H and O–H groups in total. The molecule has 1 aromatic heterocycles. The van der Waals surface area contributed by atoms with Crippen LogP contribution >= 0.6 is 0 Å². The van der Waals surface area contributed by atoms with Gasteiger partial charge in [-0.1, -0.05) is 6.92 Å². The Labute approximate surface area is 72.8 Å². The number of hydrogen-bond donors (Lipinski definition) is 3. The van der Waals surface area contributed by atoms with Crippen molar-refractivity contribution in [1.82, 2.24) is 10.2 Å². The Bertz CT molecular complexity index is 396. The Morgan fingerprint density at radius 3 is 2.69 bits per heavy atom. The highest BCUT2D eigenvalue weighted by atomic mass is 16.4. The zero-order valence-corrected chi connectivity index (χ0v) is 6.87. The van der Waals surface area contributed by atoms with Crippen LogP contribution < -0.4 is 5.56 Å². The van der Waals surface area contributed by atoms with Crippen molar-refractivity contribution in [2.75, 3.05) is 0 Å². The number of rotatable bonds is 2. The molecular formula is C7H8N2O4. The number of aromatic carboxylic acids is 1. The molecule has 0 saturated heterocycles. The Morgan fingerprint density at radius 1 is 1.62 bits per heavy atom. The van der Waals surface area contributed by atoms with E-state index in [9.17, 15) is 14.7 Å². The molecule has 0 aliphatic rings. The first kappa shape index (κ1) is 9.24. The summed E-state index contributed by atoms with van der Waals surface area (Å²) in [4.78, 5) is 21.4. The Balaban J connectivity index is 3.45. The van der Waals surface area contributed by atoms with Gasteiger partial charge in [0.25, 0.3) is 5.56 Å². The zero-order valence-electron chi connectivity index (χ0n) is 6.87. The molecule has 0 aliphatic carbocycles. The van der Waals surface area contributed by atoms with E-state index in [0.717, 1.165) is 0 Å². The summed E-state index contributed by atoms with van der Waals surface area (Å²) in [5, 5.41) is 23.0. The summed E-state index contributed by atoms with van der Waals surface area (Å²) in [6, 6.07) is 0. The number of nitrogens with one attached hydrogen (secondary N) is 1. The smallest absolute Gasteiger partial charge is 0.360 e. The minimum Gasteiger partial charge on any atom is -0.505 e. The lowest BCUT2D eigenvalue weighted by Gasteiger charge is -2.01. The third kappa shape index (κ3) is 1.51. The fourth-order valence-electron chi connectivity index (χ4n) is 0.955. The number of H-pyrrole nitrogens is 1. The fraction of sp³-hybridized carbons (Fsp3) is 0.286. The highest BCUT2D eigenvalue weighted by Gasteiger charge is 2.16. The summed E-state index contributed by atoms with van der Waals surface area (Å²) in [5.41, 5.74) is -1.06. The van der Waals surface area contributed by atoms with E-state index in [1.807, 2.05) is 5.10 Å². The third-order valence-corrected chi connectivity index (χ3v) is 1.61. The molecule has 1 heterocycles. The van der Waals surface area contributed by atoms with Gasteiger partial charge in [0.05, 0.1) is 5.56 Å². The third-order valence-electron chi connectivity index (χ3n) is 1.61. The quantitative estimate of drug-likeness (QED) is 0.587. The molecule has 70 valence electrons. The Kier molecular flexibility index (Phi) is 2.32. The van der Waals surface area contributed by atoms with Gasteiger partial charge in [-0.2, -0.15) is 5.10 Å². The van der Waals surface area contributed by atoms with E-state index in [1.54, 1.807) is 6.92 Å². The van der Waals surface area contributed by atoms with E-state index >= 15 is 0 Å². The molecular weight excluding hydrogens is 176 g/mol. The summed E-state index contributed by atoms with van der Waals surface area (Å²) >= 11 is 0. The molecule has 1 rings (SSSR count). The first-order valence-electron chi connectivity index (χ1n) is 3.61.